The molecule has 0 aliphatic carbocycles. The van der Waals surface area contributed by atoms with Crippen LogP contribution in [0.5, 0.6) is 0 Å². The molecule has 0 radical (unpaired) electrons. The smallest absolute Gasteiger partial charge is 0.306 e. The van der Waals surface area contributed by atoms with E-state index in [0.29, 0.717) is 25.9 Å². The van der Waals surface area contributed by atoms with Crippen molar-refractivity contribution >= 4 is 11.9 Å². The van der Waals surface area contributed by atoms with Gasteiger partial charge in [-0.1, -0.05) is 26.8 Å². The number of rotatable bonds is 2. The number of hydrogen-bond donors (Lipinski definition) is 1. The zero-order valence-corrected chi connectivity index (χ0v) is 10.8. The van der Waals surface area contributed by atoms with Crippen molar-refractivity contribution in [3.63, 3.8) is 0 Å². The number of allylic oxidation sites excluding steroid dienone is 1. The number of piperidine rings is 1. The molecule has 1 heterocycles. The number of carboxylic acids is 1. The van der Waals surface area contributed by atoms with Crippen LogP contribution in [-0.2, 0) is 9.59 Å². The van der Waals surface area contributed by atoms with E-state index < -0.39 is 5.97 Å². The number of aliphatic carboxylic acids is 1. The monoisotopic (exact) mass is 239 g/mol. The first-order valence-electron chi connectivity index (χ1n) is 6.00. The summed E-state index contributed by atoms with van der Waals surface area (Å²) < 4.78 is 0. The Bertz CT molecular complexity index is 320. The second kappa shape index (κ2) is 5.34. The second-order valence-electron chi connectivity index (χ2n) is 5.64. The number of carboxylic acid groups (broad SMARTS) is 1. The van der Waals surface area contributed by atoms with Crippen LogP contribution in [0.3, 0.4) is 0 Å². The molecule has 0 aromatic rings. The summed E-state index contributed by atoms with van der Waals surface area (Å²) in [5, 5.41) is 8.86. The molecular formula is C13H21NO3. The van der Waals surface area contributed by atoms with Crippen molar-refractivity contribution in [3.8, 4) is 0 Å². The van der Waals surface area contributed by atoms with Gasteiger partial charge in [0.15, 0.2) is 0 Å². The summed E-state index contributed by atoms with van der Waals surface area (Å²) in [6, 6.07) is 0. The van der Waals surface area contributed by atoms with Crippen molar-refractivity contribution in [2.24, 2.45) is 11.3 Å². The lowest BCUT2D eigenvalue weighted by Crippen LogP contribution is -2.39. The Labute approximate surface area is 102 Å². The minimum Gasteiger partial charge on any atom is -0.481 e. The standard InChI is InChI=1S/C13H21NO3/c1-13(2,3)7-4-11(15)14-8-5-10(6-9-14)12(16)17/h4,7,10H,5-6,8-9H2,1-3H3,(H,16,17)/b7-4+. The van der Waals surface area contributed by atoms with Gasteiger partial charge in [-0.2, -0.15) is 0 Å². The van der Waals surface area contributed by atoms with Crippen LogP contribution in [-0.4, -0.2) is 35.0 Å². The molecule has 17 heavy (non-hydrogen) atoms. The molecule has 1 N–H and O–H groups in total. The molecule has 4 heteroatoms. The van der Waals surface area contributed by atoms with Gasteiger partial charge in [-0.05, 0) is 24.3 Å². The normalized spacial score (nSPS) is 18.6. The van der Waals surface area contributed by atoms with Crippen molar-refractivity contribution in [2.45, 2.75) is 33.6 Å². The molecule has 1 saturated heterocycles. The fourth-order valence-corrected chi connectivity index (χ4v) is 1.77. The van der Waals surface area contributed by atoms with E-state index in [4.69, 9.17) is 5.11 Å². The molecule has 1 aliphatic heterocycles. The Kier molecular flexibility index (Phi) is 4.32. The summed E-state index contributed by atoms with van der Waals surface area (Å²) in [5.74, 6) is -1.04. The van der Waals surface area contributed by atoms with Gasteiger partial charge in [0, 0.05) is 13.1 Å². The van der Waals surface area contributed by atoms with Crippen molar-refractivity contribution in [3.05, 3.63) is 12.2 Å². The number of carbonyl (C=O) groups is 2. The van der Waals surface area contributed by atoms with Crippen LogP contribution >= 0.6 is 0 Å². The predicted octanol–water partition coefficient (Wildman–Crippen LogP) is 1.91. The quantitative estimate of drug-likeness (QED) is 0.749. The molecular weight excluding hydrogens is 218 g/mol. The maximum Gasteiger partial charge on any atom is 0.306 e. The summed E-state index contributed by atoms with van der Waals surface area (Å²) in [6.07, 6.45) is 4.61. The maximum absolute atomic E-state index is 11.8. The molecule has 4 nitrogen and oxygen atoms in total. The van der Waals surface area contributed by atoms with E-state index in [1.165, 1.54) is 0 Å². The molecule has 0 unspecified atom stereocenters. The van der Waals surface area contributed by atoms with Gasteiger partial charge in [0.25, 0.3) is 0 Å². The Balaban J connectivity index is 2.47. The van der Waals surface area contributed by atoms with Crippen LogP contribution in [0.2, 0.25) is 0 Å². The largest absolute Gasteiger partial charge is 0.481 e. The van der Waals surface area contributed by atoms with Crippen LogP contribution in [0.4, 0.5) is 0 Å². The maximum atomic E-state index is 11.8. The molecule has 1 rings (SSSR count). The van der Waals surface area contributed by atoms with Gasteiger partial charge in [-0.25, -0.2) is 0 Å². The Morgan fingerprint density at radius 2 is 1.76 bits per heavy atom. The van der Waals surface area contributed by atoms with Crippen LogP contribution in [0, 0.1) is 11.3 Å². The number of likely N-dealkylation sites (tertiary alicyclic amines) is 1. The number of nitrogens with zero attached hydrogens (tertiary/aromatic N) is 1. The Morgan fingerprint density at radius 3 is 2.18 bits per heavy atom. The van der Waals surface area contributed by atoms with Gasteiger partial charge in [0.05, 0.1) is 5.92 Å². The minimum atomic E-state index is -0.748. The van der Waals surface area contributed by atoms with Gasteiger partial charge in [0.2, 0.25) is 5.91 Å². The summed E-state index contributed by atoms with van der Waals surface area (Å²) in [5.41, 5.74) is -0.00491. The fourth-order valence-electron chi connectivity index (χ4n) is 1.77. The minimum absolute atomic E-state index is 0.00491. The van der Waals surface area contributed by atoms with Gasteiger partial charge < -0.3 is 10.0 Å². The second-order valence-corrected chi connectivity index (χ2v) is 5.64. The van der Waals surface area contributed by atoms with E-state index in [1.807, 2.05) is 26.8 Å². The van der Waals surface area contributed by atoms with Crippen LogP contribution in [0.25, 0.3) is 0 Å². The molecule has 1 amide bonds. The molecule has 0 spiro atoms. The number of hydrogen-bond acceptors (Lipinski definition) is 2. The molecule has 0 aromatic carbocycles. The summed E-state index contributed by atoms with van der Waals surface area (Å²) in [6.45, 7) is 7.20. The first-order valence-corrected chi connectivity index (χ1v) is 6.00. The molecule has 0 saturated carbocycles. The third-order valence-electron chi connectivity index (χ3n) is 2.88. The van der Waals surface area contributed by atoms with Gasteiger partial charge in [0.1, 0.15) is 0 Å². The zero-order valence-electron chi connectivity index (χ0n) is 10.8. The fraction of sp³-hybridized carbons (Fsp3) is 0.692. The van der Waals surface area contributed by atoms with E-state index in [9.17, 15) is 9.59 Å². The summed E-state index contributed by atoms with van der Waals surface area (Å²) in [4.78, 5) is 24.3. The summed E-state index contributed by atoms with van der Waals surface area (Å²) in [7, 11) is 0. The predicted molar refractivity (Wildman–Crippen MR) is 65.5 cm³/mol. The Hall–Kier alpha value is -1.32. The average molecular weight is 239 g/mol. The first kappa shape index (κ1) is 13.7. The lowest BCUT2D eigenvalue weighted by molar-refractivity contribution is -0.144. The highest BCUT2D eigenvalue weighted by Crippen LogP contribution is 2.19. The van der Waals surface area contributed by atoms with Crippen LogP contribution < -0.4 is 0 Å². The highest BCUT2D eigenvalue weighted by molar-refractivity contribution is 5.87. The van der Waals surface area contributed by atoms with Gasteiger partial charge in [-0.15, -0.1) is 0 Å². The molecule has 0 atom stereocenters. The molecule has 1 fully saturated rings. The molecule has 96 valence electrons. The van der Waals surface area contributed by atoms with Crippen molar-refractivity contribution in [1.29, 1.82) is 0 Å². The van der Waals surface area contributed by atoms with Crippen LogP contribution in [0.15, 0.2) is 12.2 Å². The lowest BCUT2D eigenvalue weighted by Gasteiger charge is -2.29. The van der Waals surface area contributed by atoms with E-state index in [1.54, 1.807) is 11.0 Å². The van der Waals surface area contributed by atoms with Crippen LogP contribution in [0.1, 0.15) is 33.6 Å². The SMILES string of the molecule is CC(C)(C)/C=C/C(=O)N1CCC(C(=O)O)CC1. The lowest BCUT2D eigenvalue weighted by atomic mass is 9.95. The van der Waals surface area contributed by atoms with Gasteiger partial charge >= 0.3 is 5.97 Å². The molecule has 0 aromatic heterocycles. The molecule has 0 bridgehead atoms. The Morgan fingerprint density at radius 1 is 1.24 bits per heavy atom. The van der Waals surface area contributed by atoms with E-state index in [0.717, 1.165) is 0 Å². The third-order valence-corrected chi connectivity index (χ3v) is 2.88. The highest BCUT2D eigenvalue weighted by Gasteiger charge is 2.26. The van der Waals surface area contributed by atoms with E-state index >= 15 is 0 Å². The zero-order chi connectivity index (χ0) is 13.1. The third kappa shape index (κ3) is 4.59. The molecule has 1 aliphatic rings. The van der Waals surface area contributed by atoms with Crippen molar-refractivity contribution < 1.29 is 14.7 Å². The van der Waals surface area contributed by atoms with E-state index in [2.05, 4.69) is 0 Å². The summed E-state index contributed by atoms with van der Waals surface area (Å²) >= 11 is 0. The topological polar surface area (TPSA) is 57.6 Å². The van der Waals surface area contributed by atoms with Crippen molar-refractivity contribution in [2.75, 3.05) is 13.1 Å². The van der Waals surface area contributed by atoms with Gasteiger partial charge in [-0.3, -0.25) is 9.59 Å². The van der Waals surface area contributed by atoms with Crippen molar-refractivity contribution in [1.82, 2.24) is 4.90 Å². The number of amides is 1. The number of carbonyl (C=O) groups excluding carboxylic acids is 1. The highest BCUT2D eigenvalue weighted by atomic mass is 16.4. The average Bonchev–Trinajstić information content (AvgIpc) is 2.25. The first-order chi connectivity index (χ1) is 7.79. The van der Waals surface area contributed by atoms with E-state index in [-0.39, 0.29) is 17.2 Å².